The minimum absolute atomic E-state index is 0.0506. The summed E-state index contributed by atoms with van der Waals surface area (Å²) in [5, 5.41) is 3.68. The van der Waals surface area contributed by atoms with E-state index in [-0.39, 0.29) is 28.9 Å². The Kier molecular flexibility index (Phi) is 4.22. The van der Waals surface area contributed by atoms with E-state index >= 15 is 0 Å². The van der Waals surface area contributed by atoms with Crippen LogP contribution in [0, 0.1) is 5.82 Å². The second kappa shape index (κ2) is 6.42. The van der Waals surface area contributed by atoms with Gasteiger partial charge in [0.25, 0.3) is 0 Å². The Labute approximate surface area is 153 Å². The number of nitrogens with zero attached hydrogens (tertiary/aromatic N) is 4. The molecule has 1 aliphatic heterocycles. The molecule has 26 heavy (non-hydrogen) atoms. The molecule has 0 atom stereocenters. The van der Waals surface area contributed by atoms with Crippen LogP contribution in [-0.4, -0.2) is 40.9 Å². The SMILES string of the molecule is O=S(=O)(c1ccc(F)c(Cl)c1)N1CC(c2nc(-c3ccncc3)no2)C1. The largest absolute Gasteiger partial charge is 0.339 e. The summed E-state index contributed by atoms with van der Waals surface area (Å²) in [6.45, 7) is 0.407. The first-order chi connectivity index (χ1) is 12.4. The molecule has 0 bridgehead atoms. The summed E-state index contributed by atoms with van der Waals surface area (Å²) in [5.74, 6) is -0.0557. The molecule has 10 heteroatoms. The van der Waals surface area contributed by atoms with Crippen LogP contribution in [0.5, 0.6) is 0 Å². The van der Waals surface area contributed by atoms with E-state index in [4.69, 9.17) is 16.1 Å². The summed E-state index contributed by atoms with van der Waals surface area (Å²) in [6.07, 6.45) is 3.24. The van der Waals surface area contributed by atoms with Crippen molar-refractivity contribution in [3.05, 3.63) is 59.5 Å². The summed E-state index contributed by atoms with van der Waals surface area (Å²) >= 11 is 5.68. The van der Waals surface area contributed by atoms with Gasteiger partial charge < -0.3 is 4.52 Å². The summed E-state index contributed by atoms with van der Waals surface area (Å²) in [6, 6.07) is 6.84. The minimum atomic E-state index is -3.74. The van der Waals surface area contributed by atoms with E-state index in [0.717, 1.165) is 17.7 Å². The summed E-state index contributed by atoms with van der Waals surface area (Å²) in [5.41, 5.74) is 0.764. The van der Waals surface area contributed by atoms with Crippen LogP contribution in [0.25, 0.3) is 11.4 Å². The number of sulfonamides is 1. The number of rotatable bonds is 4. The van der Waals surface area contributed by atoms with Gasteiger partial charge in [0.15, 0.2) is 0 Å². The molecule has 1 fully saturated rings. The van der Waals surface area contributed by atoms with Gasteiger partial charge in [-0.25, -0.2) is 12.8 Å². The van der Waals surface area contributed by atoms with E-state index in [2.05, 4.69) is 15.1 Å². The molecule has 3 aromatic rings. The molecule has 0 N–H and O–H groups in total. The average molecular weight is 395 g/mol. The van der Waals surface area contributed by atoms with E-state index in [1.807, 2.05) is 0 Å². The molecule has 2 aromatic heterocycles. The molecular weight excluding hydrogens is 383 g/mol. The zero-order valence-electron chi connectivity index (χ0n) is 13.2. The highest BCUT2D eigenvalue weighted by Gasteiger charge is 2.40. The topological polar surface area (TPSA) is 89.2 Å². The minimum Gasteiger partial charge on any atom is -0.339 e. The van der Waals surface area contributed by atoms with Crippen LogP contribution in [0.3, 0.4) is 0 Å². The lowest BCUT2D eigenvalue weighted by molar-refractivity contribution is 0.217. The van der Waals surface area contributed by atoms with Crippen LogP contribution in [0.2, 0.25) is 5.02 Å². The van der Waals surface area contributed by atoms with Gasteiger partial charge in [-0.05, 0) is 30.3 Å². The standard InChI is InChI=1S/C16H12ClFN4O3S/c17-13-7-12(1-2-14(13)18)26(23,24)22-8-11(9-22)16-20-15(21-25-16)10-3-5-19-6-4-10/h1-7,11H,8-9H2. The molecule has 0 saturated carbocycles. The molecular formula is C16H12ClFN4O3S. The summed E-state index contributed by atoms with van der Waals surface area (Å²) in [7, 11) is -3.74. The maximum Gasteiger partial charge on any atom is 0.243 e. The third-order valence-electron chi connectivity index (χ3n) is 4.11. The molecule has 1 aromatic carbocycles. The van der Waals surface area contributed by atoms with Crippen LogP contribution < -0.4 is 0 Å². The van der Waals surface area contributed by atoms with E-state index in [9.17, 15) is 12.8 Å². The second-order valence-corrected chi connectivity index (χ2v) is 8.13. The highest BCUT2D eigenvalue weighted by molar-refractivity contribution is 7.89. The fraction of sp³-hybridized carbons (Fsp3) is 0.188. The number of hydrogen-bond donors (Lipinski definition) is 0. The van der Waals surface area contributed by atoms with Crippen molar-refractivity contribution in [1.82, 2.24) is 19.4 Å². The van der Waals surface area contributed by atoms with Crippen molar-refractivity contribution < 1.29 is 17.3 Å². The molecule has 0 aliphatic carbocycles. The fourth-order valence-electron chi connectivity index (χ4n) is 2.60. The van der Waals surface area contributed by atoms with Crippen molar-refractivity contribution in [2.24, 2.45) is 0 Å². The smallest absolute Gasteiger partial charge is 0.243 e. The molecule has 1 saturated heterocycles. The molecule has 0 radical (unpaired) electrons. The lowest BCUT2D eigenvalue weighted by Gasteiger charge is -2.35. The van der Waals surface area contributed by atoms with Crippen molar-refractivity contribution in [3.8, 4) is 11.4 Å². The number of benzene rings is 1. The van der Waals surface area contributed by atoms with Gasteiger partial charge in [-0.2, -0.15) is 9.29 Å². The van der Waals surface area contributed by atoms with Crippen LogP contribution in [0.1, 0.15) is 11.8 Å². The molecule has 134 valence electrons. The van der Waals surface area contributed by atoms with Crippen molar-refractivity contribution in [2.45, 2.75) is 10.8 Å². The quantitative estimate of drug-likeness (QED) is 0.676. The van der Waals surface area contributed by atoms with Crippen LogP contribution in [0.15, 0.2) is 52.1 Å². The fourth-order valence-corrected chi connectivity index (χ4v) is 4.40. The van der Waals surface area contributed by atoms with Crippen LogP contribution >= 0.6 is 11.6 Å². The molecule has 7 nitrogen and oxygen atoms in total. The Morgan fingerprint density at radius 1 is 1.19 bits per heavy atom. The van der Waals surface area contributed by atoms with Gasteiger partial charge in [0.2, 0.25) is 21.7 Å². The Hall–Kier alpha value is -2.36. The molecule has 3 heterocycles. The van der Waals surface area contributed by atoms with Gasteiger partial charge in [-0.1, -0.05) is 16.8 Å². The van der Waals surface area contributed by atoms with E-state index in [1.54, 1.807) is 24.5 Å². The first-order valence-corrected chi connectivity index (χ1v) is 9.46. The van der Waals surface area contributed by atoms with Crippen LogP contribution in [0.4, 0.5) is 4.39 Å². The van der Waals surface area contributed by atoms with Crippen LogP contribution in [-0.2, 0) is 10.0 Å². The third kappa shape index (κ3) is 2.98. The molecule has 0 spiro atoms. The Morgan fingerprint density at radius 2 is 1.92 bits per heavy atom. The molecule has 4 rings (SSSR count). The predicted molar refractivity (Wildman–Crippen MR) is 90.4 cm³/mol. The van der Waals surface area contributed by atoms with Crippen molar-refractivity contribution >= 4 is 21.6 Å². The van der Waals surface area contributed by atoms with Gasteiger partial charge in [-0.15, -0.1) is 0 Å². The van der Waals surface area contributed by atoms with Crippen molar-refractivity contribution in [2.75, 3.05) is 13.1 Å². The Bertz CT molecular complexity index is 1050. The van der Waals surface area contributed by atoms with Gasteiger partial charge in [0.05, 0.1) is 15.8 Å². The first kappa shape index (κ1) is 17.1. The number of aromatic nitrogens is 3. The third-order valence-corrected chi connectivity index (χ3v) is 6.22. The first-order valence-electron chi connectivity index (χ1n) is 7.64. The number of halogens is 2. The molecule has 0 unspecified atom stereocenters. The second-order valence-electron chi connectivity index (χ2n) is 5.79. The average Bonchev–Trinajstić information content (AvgIpc) is 3.06. The highest BCUT2D eigenvalue weighted by Crippen LogP contribution is 2.33. The number of pyridine rings is 1. The highest BCUT2D eigenvalue weighted by atomic mass is 35.5. The Balaban J connectivity index is 1.48. The van der Waals surface area contributed by atoms with Crippen molar-refractivity contribution in [3.63, 3.8) is 0 Å². The van der Waals surface area contributed by atoms with E-state index in [1.165, 1.54) is 10.4 Å². The Morgan fingerprint density at radius 3 is 2.62 bits per heavy atom. The zero-order valence-corrected chi connectivity index (χ0v) is 14.8. The zero-order chi connectivity index (χ0) is 18.3. The van der Waals surface area contributed by atoms with Gasteiger partial charge >= 0.3 is 0 Å². The monoisotopic (exact) mass is 394 g/mol. The van der Waals surface area contributed by atoms with E-state index < -0.39 is 15.8 Å². The van der Waals surface area contributed by atoms with E-state index in [0.29, 0.717) is 11.7 Å². The maximum absolute atomic E-state index is 13.2. The predicted octanol–water partition coefficient (Wildman–Crippen LogP) is 2.71. The summed E-state index contributed by atoms with van der Waals surface area (Å²) in [4.78, 5) is 8.19. The molecule has 0 amide bonds. The van der Waals surface area contributed by atoms with Crippen molar-refractivity contribution in [1.29, 1.82) is 0 Å². The van der Waals surface area contributed by atoms with Gasteiger partial charge in [0, 0.05) is 31.0 Å². The maximum atomic E-state index is 13.2. The lowest BCUT2D eigenvalue weighted by atomic mass is 10.0. The molecule has 1 aliphatic rings. The normalized spacial score (nSPS) is 15.8. The van der Waals surface area contributed by atoms with Gasteiger partial charge in [-0.3, -0.25) is 4.98 Å². The number of hydrogen-bond acceptors (Lipinski definition) is 6. The van der Waals surface area contributed by atoms with Gasteiger partial charge in [0.1, 0.15) is 5.82 Å². The summed E-state index contributed by atoms with van der Waals surface area (Å²) < 4.78 is 44.9. The lowest BCUT2D eigenvalue weighted by Crippen LogP contribution is -2.48.